The zero-order chi connectivity index (χ0) is 13.9. The van der Waals surface area contributed by atoms with Crippen molar-refractivity contribution in [1.29, 1.82) is 0 Å². The average molecular weight is 270 g/mol. The molecule has 1 aliphatic rings. The molecule has 108 valence electrons. The Morgan fingerprint density at radius 2 is 2.05 bits per heavy atom. The molecule has 0 aliphatic heterocycles. The van der Waals surface area contributed by atoms with E-state index in [-0.39, 0.29) is 0 Å². The van der Waals surface area contributed by atoms with Crippen LogP contribution >= 0.6 is 0 Å². The SMILES string of the molecule is CC(C)CCCn1cc(CNC2CC2)c2ccccc21. The Morgan fingerprint density at radius 1 is 1.25 bits per heavy atom. The summed E-state index contributed by atoms with van der Waals surface area (Å²) in [6.07, 6.45) is 7.65. The molecule has 20 heavy (non-hydrogen) atoms. The van der Waals surface area contributed by atoms with Crippen LogP contribution in [-0.4, -0.2) is 10.6 Å². The fourth-order valence-electron chi connectivity index (χ4n) is 2.86. The molecule has 0 radical (unpaired) electrons. The Kier molecular flexibility index (Phi) is 4.11. The first-order valence-electron chi connectivity index (χ1n) is 8.04. The summed E-state index contributed by atoms with van der Waals surface area (Å²) < 4.78 is 2.45. The van der Waals surface area contributed by atoms with Crippen LogP contribution < -0.4 is 5.32 Å². The molecule has 1 heterocycles. The molecule has 0 spiro atoms. The Bertz CT molecular complexity index is 564. The molecule has 1 fully saturated rings. The summed E-state index contributed by atoms with van der Waals surface area (Å²) in [6.45, 7) is 6.77. The molecule has 2 aromatic rings. The lowest BCUT2D eigenvalue weighted by molar-refractivity contribution is 0.517. The van der Waals surface area contributed by atoms with Crippen molar-refractivity contribution in [2.24, 2.45) is 5.92 Å². The molecule has 2 heteroatoms. The molecule has 1 aromatic carbocycles. The van der Waals surface area contributed by atoms with Crippen molar-refractivity contribution in [2.45, 2.75) is 58.7 Å². The zero-order valence-electron chi connectivity index (χ0n) is 12.7. The first-order chi connectivity index (χ1) is 9.74. The summed E-state index contributed by atoms with van der Waals surface area (Å²) in [7, 11) is 0. The van der Waals surface area contributed by atoms with E-state index in [9.17, 15) is 0 Å². The Balaban J connectivity index is 1.75. The third-order valence-corrected chi connectivity index (χ3v) is 4.21. The van der Waals surface area contributed by atoms with Crippen LogP contribution in [0.4, 0.5) is 0 Å². The summed E-state index contributed by atoms with van der Waals surface area (Å²) in [5, 5.41) is 5.06. The number of hydrogen-bond donors (Lipinski definition) is 1. The maximum atomic E-state index is 3.64. The minimum Gasteiger partial charge on any atom is -0.347 e. The third kappa shape index (κ3) is 3.24. The van der Waals surface area contributed by atoms with Gasteiger partial charge in [0.1, 0.15) is 0 Å². The lowest BCUT2D eigenvalue weighted by Crippen LogP contribution is -2.14. The van der Waals surface area contributed by atoms with Crippen molar-refractivity contribution in [3.05, 3.63) is 36.0 Å². The number of hydrogen-bond acceptors (Lipinski definition) is 1. The van der Waals surface area contributed by atoms with Gasteiger partial charge in [-0.05, 0) is 43.2 Å². The highest BCUT2D eigenvalue weighted by atomic mass is 15.0. The maximum Gasteiger partial charge on any atom is 0.0483 e. The standard InChI is InChI=1S/C18H26N2/c1-14(2)6-5-11-20-13-15(12-19-16-9-10-16)17-7-3-4-8-18(17)20/h3-4,7-8,13-14,16,19H,5-6,9-12H2,1-2H3. The van der Waals surface area contributed by atoms with Crippen molar-refractivity contribution in [2.75, 3.05) is 0 Å². The number of nitrogens with one attached hydrogen (secondary N) is 1. The van der Waals surface area contributed by atoms with Gasteiger partial charge in [-0.3, -0.25) is 0 Å². The predicted molar refractivity (Wildman–Crippen MR) is 85.9 cm³/mol. The Labute approximate surface area is 122 Å². The van der Waals surface area contributed by atoms with Crippen LogP contribution in [0.15, 0.2) is 30.5 Å². The van der Waals surface area contributed by atoms with Crippen LogP contribution in [0.2, 0.25) is 0 Å². The van der Waals surface area contributed by atoms with Gasteiger partial charge in [0.15, 0.2) is 0 Å². The molecule has 0 bridgehead atoms. The number of aromatic nitrogens is 1. The second kappa shape index (κ2) is 6.01. The van der Waals surface area contributed by atoms with Crippen LogP contribution in [0, 0.1) is 5.92 Å². The second-order valence-electron chi connectivity index (χ2n) is 6.56. The van der Waals surface area contributed by atoms with Crippen molar-refractivity contribution >= 4 is 10.9 Å². The van der Waals surface area contributed by atoms with Crippen molar-refractivity contribution in [1.82, 2.24) is 9.88 Å². The predicted octanol–water partition coefficient (Wildman–Crippen LogP) is 4.33. The highest BCUT2D eigenvalue weighted by molar-refractivity contribution is 5.83. The lowest BCUT2D eigenvalue weighted by Gasteiger charge is -2.07. The fourth-order valence-corrected chi connectivity index (χ4v) is 2.86. The van der Waals surface area contributed by atoms with Gasteiger partial charge in [0, 0.05) is 36.2 Å². The molecule has 0 saturated heterocycles. The van der Waals surface area contributed by atoms with Crippen LogP contribution in [0.3, 0.4) is 0 Å². The zero-order valence-corrected chi connectivity index (χ0v) is 12.7. The van der Waals surface area contributed by atoms with Gasteiger partial charge in [0.25, 0.3) is 0 Å². The van der Waals surface area contributed by atoms with Crippen LogP contribution in [0.25, 0.3) is 10.9 Å². The van der Waals surface area contributed by atoms with Crippen LogP contribution in [-0.2, 0) is 13.1 Å². The number of benzene rings is 1. The third-order valence-electron chi connectivity index (χ3n) is 4.21. The van der Waals surface area contributed by atoms with Gasteiger partial charge < -0.3 is 9.88 Å². The van der Waals surface area contributed by atoms with Gasteiger partial charge in [-0.25, -0.2) is 0 Å². The van der Waals surface area contributed by atoms with E-state index in [1.807, 2.05) is 0 Å². The molecule has 0 amide bonds. The van der Waals surface area contributed by atoms with E-state index in [0.717, 1.165) is 25.0 Å². The molecule has 1 aliphatic carbocycles. The second-order valence-corrected chi connectivity index (χ2v) is 6.56. The van der Waals surface area contributed by atoms with Crippen molar-refractivity contribution in [3.63, 3.8) is 0 Å². The van der Waals surface area contributed by atoms with Crippen molar-refractivity contribution < 1.29 is 0 Å². The molecular weight excluding hydrogens is 244 g/mol. The summed E-state index contributed by atoms with van der Waals surface area (Å²) >= 11 is 0. The highest BCUT2D eigenvalue weighted by Gasteiger charge is 2.20. The summed E-state index contributed by atoms with van der Waals surface area (Å²) in [4.78, 5) is 0. The Morgan fingerprint density at radius 3 is 2.80 bits per heavy atom. The van der Waals surface area contributed by atoms with Gasteiger partial charge >= 0.3 is 0 Å². The molecule has 0 unspecified atom stereocenters. The van der Waals surface area contributed by atoms with E-state index < -0.39 is 0 Å². The topological polar surface area (TPSA) is 17.0 Å². The number of aryl methyl sites for hydroxylation is 1. The number of rotatable bonds is 7. The summed E-state index contributed by atoms with van der Waals surface area (Å²) in [5.74, 6) is 0.799. The molecule has 0 atom stereocenters. The van der Waals surface area contributed by atoms with E-state index in [0.29, 0.717) is 0 Å². The Hall–Kier alpha value is -1.28. The molecule has 1 aromatic heterocycles. The minimum absolute atomic E-state index is 0.776. The summed E-state index contributed by atoms with van der Waals surface area (Å²) in [6, 6.07) is 9.60. The average Bonchev–Trinajstić information content (AvgIpc) is 3.20. The lowest BCUT2D eigenvalue weighted by atomic mass is 10.1. The smallest absolute Gasteiger partial charge is 0.0483 e. The van der Waals surface area contributed by atoms with E-state index in [2.05, 4.69) is 54.2 Å². The molecule has 1 N–H and O–H groups in total. The first-order valence-corrected chi connectivity index (χ1v) is 8.04. The van der Waals surface area contributed by atoms with Crippen LogP contribution in [0.5, 0.6) is 0 Å². The molecule has 2 nitrogen and oxygen atoms in total. The maximum absolute atomic E-state index is 3.64. The van der Waals surface area contributed by atoms with Crippen LogP contribution in [0.1, 0.15) is 45.1 Å². The largest absolute Gasteiger partial charge is 0.347 e. The van der Waals surface area contributed by atoms with Gasteiger partial charge in [-0.15, -0.1) is 0 Å². The molecule has 1 saturated carbocycles. The van der Waals surface area contributed by atoms with Gasteiger partial charge in [-0.2, -0.15) is 0 Å². The molecular formula is C18H26N2. The number of fused-ring (bicyclic) bond motifs is 1. The normalized spacial score (nSPS) is 15.3. The summed E-state index contributed by atoms with van der Waals surface area (Å²) in [5.41, 5.74) is 2.85. The van der Waals surface area contributed by atoms with Gasteiger partial charge in [0.05, 0.1) is 0 Å². The number of para-hydroxylation sites is 1. The van der Waals surface area contributed by atoms with E-state index >= 15 is 0 Å². The van der Waals surface area contributed by atoms with Gasteiger partial charge in [-0.1, -0.05) is 32.0 Å². The van der Waals surface area contributed by atoms with Crippen molar-refractivity contribution in [3.8, 4) is 0 Å². The monoisotopic (exact) mass is 270 g/mol. The van der Waals surface area contributed by atoms with E-state index in [1.54, 1.807) is 0 Å². The number of nitrogens with zero attached hydrogens (tertiary/aromatic N) is 1. The van der Waals surface area contributed by atoms with Gasteiger partial charge in [0.2, 0.25) is 0 Å². The van der Waals surface area contributed by atoms with E-state index in [1.165, 1.54) is 42.1 Å². The quantitative estimate of drug-likeness (QED) is 0.792. The molecule has 3 rings (SSSR count). The first kappa shape index (κ1) is 13.7. The highest BCUT2D eigenvalue weighted by Crippen LogP contribution is 2.24. The minimum atomic E-state index is 0.776. The fraction of sp³-hybridized carbons (Fsp3) is 0.556. The van der Waals surface area contributed by atoms with E-state index in [4.69, 9.17) is 0 Å².